The van der Waals surface area contributed by atoms with E-state index < -0.39 is 5.97 Å². The summed E-state index contributed by atoms with van der Waals surface area (Å²) in [4.78, 5) is 23.8. The van der Waals surface area contributed by atoms with Crippen LogP contribution >= 0.6 is 11.8 Å². The SMILES string of the molecule is COC(=O)c1cccc(NC(=O)CSc2nnc(-c3cccc(C)c3)n2C)c1. The van der Waals surface area contributed by atoms with E-state index in [2.05, 4.69) is 20.3 Å². The monoisotopic (exact) mass is 396 g/mol. The number of aryl methyl sites for hydroxylation is 1. The molecule has 8 heteroatoms. The molecule has 2 aromatic carbocycles. The van der Waals surface area contributed by atoms with Crippen molar-refractivity contribution in [3.8, 4) is 11.4 Å². The van der Waals surface area contributed by atoms with Crippen LogP contribution in [0.5, 0.6) is 0 Å². The highest BCUT2D eigenvalue weighted by molar-refractivity contribution is 7.99. The van der Waals surface area contributed by atoms with E-state index in [0.29, 0.717) is 16.4 Å². The summed E-state index contributed by atoms with van der Waals surface area (Å²) >= 11 is 1.29. The number of carbonyl (C=O) groups excluding carboxylic acids is 2. The predicted octanol–water partition coefficient (Wildman–Crippen LogP) is 3.31. The number of esters is 1. The fourth-order valence-corrected chi connectivity index (χ4v) is 3.36. The fraction of sp³-hybridized carbons (Fsp3) is 0.200. The number of hydrogen-bond donors (Lipinski definition) is 1. The number of benzene rings is 2. The lowest BCUT2D eigenvalue weighted by atomic mass is 10.1. The van der Waals surface area contributed by atoms with Gasteiger partial charge < -0.3 is 14.6 Å². The maximum Gasteiger partial charge on any atom is 0.337 e. The zero-order valence-electron chi connectivity index (χ0n) is 15.8. The lowest BCUT2D eigenvalue weighted by Crippen LogP contribution is -2.15. The molecule has 0 aliphatic heterocycles. The Bertz CT molecular complexity index is 1020. The number of aromatic nitrogens is 3. The van der Waals surface area contributed by atoms with Crippen LogP contribution in [-0.2, 0) is 16.6 Å². The first kappa shape index (κ1) is 19.6. The molecule has 3 aromatic rings. The average Bonchev–Trinajstić information content (AvgIpc) is 3.06. The van der Waals surface area contributed by atoms with Gasteiger partial charge in [-0.3, -0.25) is 4.79 Å². The third-order valence-corrected chi connectivity index (χ3v) is 5.03. The number of ether oxygens (including phenoxy) is 1. The molecular weight excluding hydrogens is 376 g/mol. The highest BCUT2D eigenvalue weighted by Crippen LogP contribution is 2.23. The summed E-state index contributed by atoms with van der Waals surface area (Å²) < 4.78 is 6.55. The van der Waals surface area contributed by atoms with E-state index >= 15 is 0 Å². The van der Waals surface area contributed by atoms with Crippen LogP contribution in [0.1, 0.15) is 15.9 Å². The summed E-state index contributed by atoms with van der Waals surface area (Å²) in [5.41, 5.74) is 3.03. The van der Waals surface area contributed by atoms with Crippen LogP contribution in [-0.4, -0.2) is 39.5 Å². The lowest BCUT2D eigenvalue weighted by Gasteiger charge is -2.07. The third-order valence-electron chi connectivity index (χ3n) is 4.01. The summed E-state index contributed by atoms with van der Waals surface area (Å²) in [7, 11) is 3.19. The molecule has 7 nitrogen and oxygen atoms in total. The molecule has 0 spiro atoms. The molecule has 0 fully saturated rings. The number of hydrogen-bond acceptors (Lipinski definition) is 6. The molecule has 144 valence electrons. The Morgan fingerprint density at radius 1 is 1.14 bits per heavy atom. The van der Waals surface area contributed by atoms with Crippen molar-refractivity contribution in [2.75, 3.05) is 18.2 Å². The van der Waals surface area contributed by atoms with Crippen molar-refractivity contribution < 1.29 is 14.3 Å². The summed E-state index contributed by atoms with van der Waals surface area (Å²) in [6.45, 7) is 2.02. The molecule has 0 bridgehead atoms. The molecular formula is C20H20N4O3S. The summed E-state index contributed by atoms with van der Waals surface area (Å²) in [6, 6.07) is 14.6. The highest BCUT2D eigenvalue weighted by Gasteiger charge is 2.14. The average molecular weight is 396 g/mol. The number of nitrogens with zero attached hydrogens (tertiary/aromatic N) is 3. The van der Waals surface area contributed by atoms with Crippen LogP contribution in [0, 0.1) is 6.92 Å². The Morgan fingerprint density at radius 2 is 1.93 bits per heavy atom. The van der Waals surface area contributed by atoms with E-state index in [1.807, 2.05) is 42.8 Å². The molecule has 0 radical (unpaired) electrons. The molecule has 1 aromatic heterocycles. The van der Waals surface area contributed by atoms with Gasteiger partial charge >= 0.3 is 5.97 Å². The van der Waals surface area contributed by atoms with Gasteiger partial charge in [-0.15, -0.1) is 10.2 Å². The standard InChI is InChI=1S/C20H20N4O3S/c1-13-6-4-7-14(10-13)18-22-23-20(24(18)2)28-12-17(25)21-16-9-5-8-15(11-16)19(26)27-3/h4-11H,12H2,1-3H3,(H,21,25). The largest absolute Gasteiger partial charge is 0.465 e. The van der Waals surface area contributed by atoms with Crippen LogP contribution in [0.2, 0.25) is 0 Å². The van der Waals surface area contributed by atoms with Crippen molar-refractivity contribution in [1.82, 2.24) is 14.8 Å². The number of anilines is 1. The van der Waals surface area contributed by atoms with E-state index in [1.54, 1.807) is 24.3 Å². The van der Waals surface area contributed by atoms with Gasteiger partial charge in [-0.25, -0.2) is 4.79 Å². The first-order chi connectivity index (χ1) is 13.5. The summed E-state index contributed by atoms with van der Waals surface area (Å²) in [5.74, 6) is 0.264. The Balaban J connectivity index is 1.63. The number of rotatable bonds is 6. The van der Waals surface area contributed by atoms with Gasteiger partial charge in [0.25, 0.3) is 0 Å². The minimum atomic E-state index is -0.451. The van der Waals surface area contributed by atoms with E-state index in [-0.39, 0.29) is 11.7 Å². The quantitative estimate of drug-likeness (QED) is 0.508. The van der Waals surface area contributed by atoms with Gasteiger partial charge in [0.1, 0.15) is 0 Å². The molecule has 0 saturated heterocycles. The van der Waals surface area contributed by atoms with Crippen LogP contribution in [0.25, 0.3) is 11.4 Å². The van der Waals surface area contributed by atoms with Crippen molar-refractivity contribution >= 4 is 29.3 Å². The molecule has 0 saturated carbocycles. The van der Waals surface area contributed by atoms with Crippen LogP contribution < -0.4 is 5.32 Å². The fourth-order valence-electron chi connectivity index (χ4n) is 2.65. The summed E-state index contributed by atoms with van der Waals surface area (Å²) in [6.07, 6.45) is 0. The summed E-state index contributed by atoms with van der Waals surface area (Å²) in [5, 5.41) is 11.8. The van der Waals surface area contributed by atoms with E-state index in [4.69, 9.17) is 0 Å². The van der Waals surface area contributed by atoms with Crippen LogP contribution in [0.3, 0.4) is 0 Å². The maximum atomic E-state index is 12.3. The smallest absolute Gasteiger partial charge is 0.337 e. The molecule has 1 amide bonds. The van der Waals surface area contributed by atoms with Gasteiger partial charge in [0, 0.05) is 18.3 Å². The maximum absolute atomic E-state index is 12.3. The number of methoxy groups -OCH3 is 1. The Labute approximate surface area is 167 Å². The minimum Gasteiger partial charge on any atom is -0.465 e. The van der Waals surface area contributed by atoms with Gasteiger partial charge in [-0.2, -0.15) is 0 Å². The van der Waals surface area contributed by atoms with Gasteiger partial charge in [-0.05, 0) is 31.2 Å². The molecule has 1 heterocycles. The van der Waals surface area contributed by atoms with Crippen molar-refractivity contribution in [1.29, 1.82) is 0 Å². The molecule has 0 aliphatic carbocycles. The van der Waals surface area contributed by atoms with Crippen LogP contribution in [0.15, 0.2) is 53.7 Å². The Hall–Kier alpha value is -3.13. The molecule has 3 rings (SSSR count). The van der Waals surface area contributed by atoms with Crippen LogP contribution in [0.4, 0.5) is 5.69 Å². The molecule has 0 atom stereocenters. The van der Waals surface area contributed by atoms with Crippen molar-refractivity contribution in [2.45, 2.75) is 12.1 Å². The van der Waals surface area contributed by atoms with Gasteiger partial charge in [-0.1, -0.05) is 41.6 Å². The van der Waals surface area contributed by atoms with Gasteiger partial charge in [0.05, 0.1) is 18.4 Å². The third kappa shape index (κ3) is 4.58. The van der Waals surface area contributed by atoms with Gasteiger partial charge in [0.2, 0.25) is 5.91 Å². The first-order valence-corrected chi connectivity index (χ1v) is 9.54. The Morgan fingerprint density at radius 3 is 2.68 bits per heavy atom. The molecule has 0 unspecified atom stereocenters. The van der Waals surface area contributed by atoms with Gasteiger partial charge in [0.15, 0.2) is 11.0 Å². The minimum absolute atomic E-state index is 0.169. The van der Waals surface area contributed by atoms with Crippen molar-refractivity contribution in [3.05, 3.63) is 59.7 Å². The zero-order chi connectivity index (χ0) is 20.1. The van der Waals surface area contributed by atoms with Crippen molar-refractivity contribution in [3.63, 3.8) is 0 Å². The number of carbonyl (C=O) groups is 2. The molecule has 28 heavy (non-hydrogen) atoms. The van der Waals surface area contributed by atoms with E-state index in [9.17, 15) is 9.59 Å². The number of thioether (sulfide) groups is 1. The second kappa shape index (κ2) is 8.71. The highest BCUT2D eigenvalue weighted by atomic mass is 32.2. The van der Waals surface area contributed by atoms with E-state index in [1.165, 1.54) is 18.9 Å². The second-order valence-corrected chi connectivity index (χ2v) is 7.09. The lowest BCUT2D eigenvalue weighted by molar-refractivity contribution is -0.113. The number of nitrogens with one attached hydrogen (secondary N) is 1. The number of amides is 1. The molecule has 0 aliphatic rings. The first-order valence-electron chi connectivity index (χ1n) is 8.55. The Kier molecular flexibility index (Phi) is 6.10. The topological polar surface area (TPSA) is 86.1 Å². The second-order valence-electron chi connectivity index (χ2n) is 6.14. The normalized spacial score (nSPS) is 10.5. The van der Waals surface area contributed by atoms with Crippen molar-refractivity contribution in [2.24, 2.45) is 7.05 Å². The molecule has 1 N–H and O–H groups in total. The zero-order valence-corrected chi connectivity index (χ0v) is 16.6. The van der Waals surface area contributed by atoms with E-state index in [0.717, 1.165) is 17.0 Å². The predicted molar refractivity (Wildman–Crippen MR) is 108 cm³/mol.